The van der Waals surface area contributed by atoms with Crippen LogP contribution in [0.2, 0.25) is 0 Å². The third-order valence-corrected chi connectivity index (χ3v) is 9.88. The van der Waals surface area contributed by atoms with E-state index in [0.717, 1.165) is 39.0 Å². The van der Waals surface area contributed by atoms with E-state index >= 15 is 0 Å². The van der Waals surface area contributed by atoms with E-state index in [-0.39, 0.29) is 26.1 Å². The summed E-state index contributed by atoms with van der Waals surface area (Å²) in [7, 11) is -3.80. The fourth-order valence-corrected chi connectivity index (χ4v) is 7.25. The van der Waals surface area contributed by atoms with Gasteiger partial charge in [0.05, 0.1) is 0 Å². The number of aryl methyl sites for hydroxylation is 1. The summed E-state index contributed by atoms with van der Waals surface area (Å²) in [4.78, 5) is 17.1. The molecule has 0 aliphatic carbocycles. The maximum Gasteiger partial charge on any atom is 0.240 e. The Bertz CT molecular complexity index is 867. The van der Waals surface area contributed by atoms with Crippen LogP contribution in [0.15, 0.2) is 24.3 Å². The minimum atomic E-state index is -3.80. The highest BCUT2D eigenvalue weighted by molar-refractivity contribution is 7.91. The number of primary amides is 1. The van der Waals surface area contributed by atoms with E-state index in [1.165, 1.54) is 15.6 Å². The van der Waals surface area contributed by atoms with E-state index in [0.29, 0.717) is 19.1 Å². The molecule has 0 bridgehead atoms. The molecule has 0 spiro atoms. The second-order valence-electron chi connectivity index (χ2n) is 8.96. The van der Waals surface area contributed by atoms with Gasteiger partial charge >= 0.3 is 0 Å². The van der Waals surface area contributed by atoms with Gasteiger partial charge < -0.3 is 15.4 Å². The second-order valence-corrected chi connectivity index (χ2v) is 11.2. The van der Waals surface area contributed by atoms with Crippen LogP contribution < -0.4 is 10.6 Å². The van der Waals surface area contributed by atoms with Crippen LogP contribution in [0.4, 0.5) is 5.69 Å². The van der Waals surface area contributed by atoms with Gasteiger partial charge in [-0.15, -0.1) is 0 Å². The highest BCUT2D eigenvalue weighted by Crippen LogP contribution is 2.34. The van der Waals surface area contributed by atoms with Crippen LogP contribution >= 0.6 is 0 Å². The first-order valence-electron chi connectivity index (χ1n) is 11.3. The van der Waals surface area contributed by atoms with E-state index in [1.54, 1.807) is 0 Å². The maximum atomic E-state index is 13.4. The number of nitrogens with zero attached hydrogens (tertiary/aromatic N) is 3. The molecule has 3 fully saturated rings. The van der Waals surface area contributed by atoms with Crippen molar-refractivity contribution in [2.24, 2.45) is 5.73 Å². The van der Waals surface area contributed by atoms with Gasteiger partial charge in [-0.05, 0) is 31.9 Å². The molecule has 0 unspecified atom stereocenters. The second kappa shape index (κ2) is 9.05. The van der Waals surface area contributed by atoms with Gasteiger partial charge in [-0.1, -0.05) is 17.7 Å². The molecule has 1 aromatic rings. The van der Waals surface area contributed by atoms with E-state index in [9.17, 15) is 13.2 Å². The molecule has 172 valence electrons. The molecule has 8 nitrogen and oxygen atoms in total. The standard InChI is InChI=1S/C22H34N4O4S/c1-18-2-4-19(5-3-18)24-12-14-25(15-13-24)20-6-10-26(11-7-20)31(28,29)22(21(23)27)8-16-30-17-9-22/h2-5,20H,6-17H2,1H3,(H2,23,27). The zero-order chi connectivity index (χ0) is 22.1. The maximum absolute atomic E-state index is 13.4. The zero-order valence-corrected chi connectivity index (χ0v) is 19.1. The Morgan fingerprint density at radius 2 is 1.58 bits per heavy atom. The molecule has 4 rings (SSSR count). The number of carbonyl (C=O) groups is 1. The number of carbonyl (C=O) groups excluding carboxylic acids is 1. The minimum absolute atomic E-state index is 0.144. The average molecular weight is 451 g/mol. The number of benzene rings is 1. The average Bonchev–Trinajstić information content (AvgIpc) is 2.80. The highest BCUT2D eigenvalue weighted by Gasteiger charge is 2.53. The molecule has 3 heterocycles. The summed E-state index contributed by atoms with van der Waals surface area (Å²) >= 11 is 0. The summed E-state index contributed by atoms with van der Waals surface area (Å²) < 4.78 is 32.0. The number of piperidine rings is 1. The van der Waals surface area contributed by atoms with Gasteiger partial charge in [0.15, 0.2) is 4.75 Å². The number of amides is 1. The number of piperazine rings is 1. The fraction of sp³-hybridized carbons (Fsp3) is 0.682. The van der Waals surface area contributed by atoms with E-state index in [1.807, 2.05) is 0 Å². The number of anilines is 1. The van der Waals surface area contributed by atoms with E-state index < -0.39 is 20.7 Å². The van der Waals surface area contributed by atoms with Gasteiger partial charge in [-0.25, -0.2) is 12.7 Å². The molecule has 1 amide bonds. The van der Waals surface area contributed by atoms with Crippen molar-refractivity contribution in [1.29, 1.82) is 0 Å². The van der Waals surface area contributed by atoms with Crippen molar-refractivity contribution >= 4 is 21.6 Å². The van der Waals surface area contributed by atoms with Crippen LogP contribution in [0, 0.1) is 6.92 Å². The lowest BCUT2D eigenvalue weighted by molar-refractivity contribution is -0.123. The molecule has 2 N–H and O–H groups in total. The lowest BCUT2D eigenvalue weighted by Gasteiger charge is -2.44. The lowest BCUT2D eigenvalue weighted by atomic mass is 9.98. The largest absolute Gasteiger partial charge is 0.381 e. The summed E-state index contributed by atoms with van der Waals surface area (Å²) in [5.41, 5.74) is 8.13. The molecule has 3 aliphatic rings. The van der Waals surface area contributed by atoms with Crippen molar-refractivity contribution in [2.45, 2.75) is 43.4 Å². The molecular formula is C22H34N4O4S. The van der Waals surface area contributed by atoms with Crippen molar-refractivity contribution < 1.29 is 17.9 Å². The highest BCUT2D eigenvalue weighted by atomic mass is 32.2. The van der Waals surface area contributed by atoms with E-state index in [4.69, 9.17) is 10.5 Å². The van der Waals surface area contributed by atoms with Crippen LogP contribution in [0.25, 0.3) is 0 Å². The normalized spacial score (nSPS) is 24.2. The third-order valence-electron chi connectivity index (χ3n) is 7.24. The molecule has 0 atom stereocenters. The van der Waals surface area contributed by atoms with Crippen molar-refractivity contribution in [2.75, 3.05) is 57.4 Å². The predicted octanol–water partition coefficient (Wildman–Crippen LogP) is 0.946. The Hall–Kier alpha value is -1.68. The van der Waals surface area contributed by atoms with Crippen LogP contribution in [-0.2, 0) is 19.6 Å². The van der Waals surface area contributed by atoms with Crippen molar-refractivity contribution in [3.8, 4) is 0 Å². The summed E-state index contributed by atoms with van der Waals surface area (Å²) in [5, 5.41) is 0. The predicted molar refractivity (Wildman–Crippen MR) is 120 cm³/mol. The first kappa shape index (κ1) is 22.5. The number of hydrogen-bond donors (Lipinski definition) is 1. The summed E-state index contributed by atoms with van der Waals surface area (Å²) in [6, 6.07) is 9.04. The molecule has 31 heavy (non-hydrogen) atoms. The topological polar surface area (TPSA) is 96.2 Å². The number of nitrogens with two attached hydrogens (primary N) is 1. The monoisotopic (exact) mass is 450 g/mol. The SMILES string of the molecule is Cc1ccc(N2CCN(C3CCN(S(=O)(=O)C4(C(N)=O)CCOCC4)CC3)CC2)cc1. The summed E-state index contributed by atoms with van der Waals surface area (Å²) in [6.07, 6.45) is 1.86. The van der Waals surface area contributed by atoms with Crippen molar-refractivity contribution in [1.82, 2.24) is 9.21 Å². The molecule has 0 saturated carbocycles. The molecular weight excluding hydrogens is 416 g/mol. The molecule has 9 heteroatoms. The zero-order valence-electron chi connectivity index (χ0n) is 18.3. The van der Waals surface area contributed by atoms with Gasteiger partial charge in [0.2, 0.25) is 15.9 Å². The Balaban J connectivity index is 1.33. The Kier molecular flexibility index (Phi) is 6.57. The number of hydrogen-bond acceptors (Lipinski definition) is 6. The van der Waals surface area contributed by atoms with Gasteiger partial charge in [0, 0.05) is 77.1 Å². The van der Waals surface area contributed by atoms with Crippen LogP contribution in [0.1, 0.15) is 31.2 Å². The lowest BCUT2D eigenvalue weighted by Crippen LogP contribution is -2.61. The van der Waals surface area contributed by atoms with Crippen molar-refractivity contribution in [3.63, 3.8) is 0 Å². The van der Waals surface area contributed by atoms with Crippen LogP contribution in [0.5, 0.6) is 0 Å². The third kappa shape index (κ3) is 4.33. The Morgan fingerprint density at radius 1 is 1.00 bits per heavy atom. The molecule has 3 aliphatic heterocycles. The first-order chi connectivity index (χ1) is 14.8. The van der Waals surface area contributed by atoms with Crippen LogP contribution in [-0.4, -0.2) is 86.8 Å². The van der Waals surface area contributed by atoms with Gasteiger partial charge in [-0.3, -0.25) is 9.69 Å². The van der Waals surface area contributed by atoms with Crippen molar-refractivity contribution in [3.05, 3.63) is 29.8 Å². The smallest absolute Gasteiger partial charge is 0.240 e. The number of rotatable bonds is 5. The van der Waals surface area contributed by atoms with Gasteiger partial charge in [-0.2, -0.15) is 0 Å². The summed E-state index contributed by atoms with van der Waals surface area (Å²) in [5.74, 6) is -0.745. The van der Waals surface area contributed by atoms with E-state index in [2.05, 4.69) is 41.0 Å². The fourth-order valence-electron chi connectivity index (χ4n) is 5.13. The van der Waals surface area contributed by atoms with Crippen LogP contribution in [0.3, 0.4) is 0 Å². The first-order valence-corrected chi connectivity index (χ1v) is 12.7. The van der Waals surface area contributed by atoms with Gasteiger partial charge in [0.1, 0.15) is 0 Å². The molecule has 3 saturated heterocycles. The molecule has 0 radical (unpaired) electrons. The Morgan fingerprint density at radius 3 is 2.13 bits per heavy atom. The van der Waals surface area contributed by atoms with Gasteiger partial charge in [0.25, 0.3) is 0 Å². The summed E-state index contributed by atoms with van der Waals surface area (Å²) in [6.45, 7) is 7.41. The number of sulfonamides is 1. The quantitative estimate of drug-likeness (QED) is 0.718. The number of ether oxygens (including phenoxy) is 1. The minimum Gasteiger partial charge on any atom is -0.381 e. The Labute approximate surface area is 185 Å². The molecule has 1 aromatic carbocycles. The molecule has 0 aromatic heterocycles.